The fourth-order valence-electron chi connectivity index (χ4n) is 3.55. The van der Waals surface area contributed by atoms with Gasteiger partial charge in [0.25, 0.3) is 0 Å². The molecule has 4 nitrogen and oxygen atoms in total. The van der Waals surface area contributed by atoms with E-state index in [9.17, 15) is 4.79 Å². The molecular formula is C16H23N3O. The van der Waals surface area contributed by atoms with Crippen LogP contribution in [0.5, 0.6) is 0 Å². The Morgan fingerprint density at radius 2 is 2.10 bits per heavy atom. The van der Waals surface area contributed by atoms with E-state index in [1.54, 1.807) is 0 Å². The monoisotopic (exact) mass is 273 g/mol. The second-order valence-corrected chi connectivity index (χ2v) is 5.96. The van der Waals surface area contributed by atoms with Gasteiger partial charge in [-0.05, 0) is 30.5 Å². The minimum atomic E-state index is 0.132. The van der Waals surface area contributed by atoms with Gasteiger partial charge in [0, 0.05) is 30.7 Å². The third-order valence-electron chi connectivity index (χ3n) is 4.81. The van der Waals surface area contributed by atoms with Gasteiger partial charge in [-0.2, -0.15) is 0 Å². The SMILES string of the molecule is NCC1(c2cccc(N3CCNCC3=O)c2)CCCC1. The molecule has 2 fully saturated rings. The fourth-order valence-corrected chi connectivity index (χ4v) is 3.55. The zero-order chi connectivity index (χ0) is 14.0. The number of nitrogens with one attached hydrogen (secondary N) is 1. The normalized spacial score (nSPS) is 22.2. The van der Waals surface area contributed by atoms with Crippen molar-refractivity contribution >= 4 is 11.6 Å². The number of nitrogens with zero attached hydrogens (tertiary/aromatic N) is 1. The van der Waals surface area contributed by atoms with E-state index < -0.39 is 0 Å². The zero-order valence-electron chi connectivity index (χ0n) is 11.9. The van der Waals surface area contributed by atoms with Gasteiger partial charge in [0.2, 0.25) is 5.91 Å². The molecule has 1 amide bonds. The molecule has 0 atom stereocenters. The highest BCUT2D eigenvalue weighted by Gasteiger charge is 2.34. The van der Waals surface area contributed by atoms with Crippen molar-refractivity contribution < 1.29 is 4.79 Å². The summed E-state index contributed by atoms with van der Waals surface area (Å²) in [6.07, 6.45) is 4.85. The summed E-state index contributed by atoms with van der Waals surface area (Å²) >= 11 is 0. The first kappa shape index (κ1) is 13.6. The summed E-state index contributed by atoms with van der Waals surface area (Å²) in [5.74, 6) is 0.154. The van der Waals surface area contributed by atoms with Crippen molar-refractivity contribution in [1.82, 2.24) is 5.32 Å². The molecule has 1 aromatic rings. The van der Waals surface area contributed by atoms with Crippen molar-refractivity contribution in [3.8, 4) is 0 Å². The van der Waals surface area contributed by atoms with Crippen LogP contribution >= 0.6 is 0 Å². The molecule has 1 saturated heterocycles. The summed E-state index contributed by atoms with van der Waals surface area (Å²) in [6.45, 7) is 2.74. The third kappa shape index (κ3) is 2.34. The Labute approximate surface area is 120 Å². The topological polar surface area (TPSA) is 58.4 Å². The quantitative estimate of drug-likeness (QED) is 0.875. The van der Waals surface area contributed by atoms with E-state index in [2.05, 4.69) is 23.5 Å². The van der Waals surface area contributed by atoms with Gasteiger partial charge >= 0.3 is 0 Å². The molecule has 108 valence electrons. The number of hydrogen-bond donors (Lipinski definition) is 2. The Bertz CT molecular complexity index is 494. The number of carbonyl (C=O) groups is 1. The molecule has 3 rings (SSSR count). The number of nitrogens with two attached hydrogens (primary N) is 1. The van der Waals surface area contributed by atoms with Crippen molar-refractivity contribution in [3.05, 3.63) is 29.8 Å². The van der Waals surface area contributed by atoms with E-state index in [1.807, 2.05) is 11.0 Å². The average Bonchev–Trinajstić information content (AvgIpc) is 2.98. The fraction of sp³-hybridized carbons (Fsp3) is 0.562. The van der Waals surface area contributed by atoms with Crippen molar-refractivity contribution in [2.45, 2.75) is 31.1 Å². The van der Waals surface area contributed by atoms with Crippen LogP contribution in [0.3, 0.4) is 0 Å². The average molecular weight is 273 g/mol. The lowest BCUT2D eigenvalue weighted by atomic mass is 9.79. The Balaban J connectivity index is 1.91. The van der Waals surface area contributed by atoms with Gasteiger partial charge in [0.1, 0.15) is 0 Å². The largest absolute Gasteiger partial charge is 0.330 e. The lowest BCUT2D eigenvalue weighted by Crippen LogP contribution is -2.48. The molecule has 0 radical (unpaired) electrons. The first-order valence-electron chi connectivity index (χ1n) is 7.57. The Kier molecular flexibility index (Phi) is 3.76. The van der Waals surface area contributed by atoms with Crippen molar-refractivity contribution in [2.24, 2.45) is 5.73 Å². The molecule has 0 bridgehead atoms. The van der Waals surface area contributed by atoms with Crippen LogP contribution in [0, 0.1) is 0 Å². The summed E-state index contributed by atoms with van der Waals surface area (Å²) < 4.78 is 0. The number of piperazine rings is 1. The minimum absolute atomic E-state index is 0.132. The molecule has 0 spiro atoms. The van der Waals surface area contributed by atoms with Gasteiger partial charge in [-0.3, -0.25) is 4.79 Å². The number of carbonyl (C=O) groups excluding carboxylic acids is 1. The summed E-state index contributed by atoms with van der Waals surface area (Å²) in [7, 11) is 0. The molecule has 2 aliphatic rings. The molecule has 0 aromatic heterocycles. The molecule has 1 aliphatic heterocycles. The minimum Gasteiger partial charge on any atom is -0.330 e. The molecule has 1 aliphatic carbocycles. The van der Waals surface area contributed by atoms with Crippen LogP contribution in [0.1, 0.15) is 31.2 Å². The summed E-state index contributed by atoms with van der Waals surface area (Å²) in [6, 6.07) is 8.46. The van der Waals surface area contributed by atoms with Crippen LogP contribution in [0.25, 0.3) is 0 Å². The standard InChI is InChI=1S/C16H23N3O/c17-12-16(6-1-2-7-16)13-4-3-5-14(10-13)19-9-8-18-11-15(19)20/h3-5,10,18H,1-2,6-9,11-12,17H2. The lowest BCUT2D eigenvalue weighted by molar-refractivity contribution is -0.118. The van der Waals surface area contributed by atoms with Crippen molar-refractivity contribution in [1.29, 1.82) is 0 Å². The Morgan fingerprint density at radius 1 is 1.30 bits per heavy atom. The van der Waals surface area contributed by atoms with Gasteiger partial charge in [0.15, 0.2) is 0 Å². The van der Waals surface area contributed by atoms with E-state index in [4.69, 9.17) is 5.73 Å². The van der Waals surface area contributed by atoms with Crippen molar-refractivity contribution in [2.75, 3.05) is 31.1 Å². The molecule has 4 heteroatoms. The predicted octanol–water partition coefficient (Wildman–Crippen LogP) is 1.39. The van der Waals surface area contributed by atoms with Gasteiger partial charge in [0.05, 0.1) is 6.54 Å². The van der Waals surface area contributed by atoms with Crippen LogP contribution in [-0.4, -0.2) is 32.1 Å². The van der Waals surface area contributed by atoms with Crippen LogP contribution in [0.4, 0.5) is 5.69 Å². The van der Waals surface area contributed by atoms with Crippen LogP contribution in [0.2, 0.25) is 0 Å². The highest BCUT2D eigenvalue weighted by atomic mass is 16.2. The second-order valence-electron chi connectivity index (χ2n) is 5.96. The van der Waals surface area contributed by atoms with Gasteiger partial charge < -0.3 is 16.0 Å². The Morgan fingerprint density at radius 3 is 2.80 bits per heavy atom. The number of rotatable bonds is 3. The first-order chi connectivity index (χ1) is 9.75. The number of anilines is 1. The van der Waals surface area contributed by atoms with Crippen LogP contribution in [-0.2, 0) is 10.2 Å². The van der Waals surface area contributed by atoms with E-state index in [1.165, 1.54) is 31.2 Å². The maximum absolute atomic E-state index is 12.0. The molecule has 1 heterocycles. The maximum atomic E-state index is 12.0. The van der Waals surface area contributed by atoms with E-state index in [0.29, 0.717) is 13.1 Å². The molecule has 1 aromatic carbocycles. The van der Waals surface area contributed by atoms with E-state index >= 15 is 0 Å². The van der Waals surface area contributed by atoms with Crippen LogP contribution in [0.15, 0.2) is 24.3 Å². The third-order valence-corrected chi connectivity index (χ3v) is 4.81. The maximum Gasteiger partial charge on any atom is 0.240 e. The number of benzene rings is 1. The van der Waals surface area contributed by atoms with E-state index in [0.717, 1.165) is 18.8 Å². The lowest BCUT2D eigenvalue weighted by Gasteiger charge is -2.31. The second kappa shape index (κ2) is 5.54. The van der Waals surface area contributed by atoms with Gasteiger partial charge in [-0.15, -0.1) is 0 Å². The van der Waals surface area contributed by atoms with E-state index in [-0.39, 0.29) is 11.3 Å². The molecular weight excluding hydrogens is 250 g/mol. The summed E-state index contributed by atoms with van der Waals surface area (Å²) in [5.41, 5.74) is 8.53. The van der Waals surface area contributed by atoms with Gasteiger partial charge in [-0.25, -0.2) is 0 Å². The Hall–Kier alpha value is -1.39. The van der Waals surface area contributed by atoms with Gasteiger partial charge in [-0.1, -0.05) is 25.0 Å². The number of hydrogen-bond acceptors (Lipinski definition) is 3. The number of amides is 1. The molecule has 1 saturated carbocycles. The summed E-state index contributed by atoms with van der Waals surface area (Å²) in [4.78, 5) is 13.9. The highest BCUT2D eigenvalue weighted by Crippen LogP contribution is 2.41. The smallest absolute Gasteiger partial charge is 0.240 e. The van der Waals surface area contributed by atoms with Crippen molar-refractivity contribution in [3.63, 3.8) is 0 Å². The first-order valence-corrected chi connectivity index (χ1v) is 7.57. The molecule has 0 unspecified atom stereocenters. The van der Waals surface area contributed by atoms with Crippen LogP contribution < -0.4 is 16.0 Å². The highest BCUT2D eigenvalue weighted by molar-refractivity contribution is 5.95. The molecule has 3 N–H and O–H groups in total. The summed E-state index contributed by atoms with van der Waals surface area (Å²) in [5, 5.41) is 3.11. The zero-order valence-corrected chi connectivity index (χ0v) is 11.9. The predicted molar refractivity (Wildman–Crippen MR) is 80.9 cm³/mol. The molecule has 20 heavy (non-hydrogen) atoms.